The Balaban J connectivity index is 1.43. The summed E-state index contributed by atoms with van der Waals surface area (Å²) in [5.74, 6) is 1.54. The normalized spacial score (nSPS) is 11.4. The topological polar surface area (TPSA) is 88.9 Å². The van der Waals surface area contributed by atoms with Crippen molar-refractivity contribution in [2.75, 3.05) is 7.11 Å². The van der Waals surface area contributed by atoms with Crippen LogP contribution in [0.25, 0.3) is 10.9 Å². The summed E-state index contributed by atoms with van der Waals surface area (Å²) in [5, 5.41) is 13.5. The van der Waals surface area contributed by atoms with Gasteiger partial charge in [0.2, 0.25) is 0 Å². The first-order valence-electron chi connectivity index (χ1n) is 12.3. The van der Waals surface area contributed by atoms with Crippen LogP contribution < -0.4 is 10.3 Å². The molecule has 37 heavy (non-hydrogen) atoms. The van der Waals surface area contributed by atoms with Crippen molar-refractivity contribution in [2.45, 2.75) is 40.0 Å². The van der Waals surface area contributed by atoms with Crippen LogP contribution in [0.3, 0.4) is 0 Å². The maximum Gasteiger partial charge on any atom is 0.252 e. The minimum absolute atomic E-state index is 0.0756. The minimum atomic E-state index is -0.0756. The molecule has 0 fully saturated rings. The second-order valence-corrected chi connectivity index (χ2v) is 9.40. The van der Waals surface area contributed by atoms with Gasteiger partial charge >= 0.3 is 0 Å². The van der Waals surface area contributed by atoms with Crippen LogP contribution in [0.5, 0.6) is 5.75 Å². The summed E-state index contributed by atoms with van der Waals surface area (Å²) < 4.78 is 7.06. The quantitative estimate of drug-likeness (QED) is 0.327. The number of aromatic nitrogens is 5. The lowest BCUT2D eigenvalue weighted by atomic mass is 10.0. The Bertz CT molecular complexity index is 1560. The third kappa shape index (κ3) is 5.76. The van der Waals surface area contributed by atoms with Gasteiger partial charge in [0, 0.05) is 29.6 Å². The second kappa shape index (κ2) is 10.8. The van der Waals surface area contributed by atoms with E-state index < -0.39 is 0 Å². The zero-order chi connectivity index (χ0) is 25.8. The van der Waals surface area contributed by atoms with E-state index >= 15 is 0 Å². The summed E-state index contributed by atoms with van der Waals surface area (Å²) in [6, 6.07) is 24.3. The van der Waals surface area contributed by atoms with Crippen LogP contribution in [-0.4, -0.2) is 37.2 Å². The molecule has 0 aliphatic rings. The first-order chi connectivity index (χ1) is 18.0. The van der Waals surface area contributed by atoms with E-state index in [1.54, 1.807) is 11.8 Å². The zero-order valence-corrected chi connectivity index (χ0v) is 21.3. The fourth-order valence-electron chi connectivity index (χ4n) is 4.65. The second-order valence-electron chi connectivity index (χ2n) is 9.40. The number of pyridine rings is 1. The summed E-state index contributed by atoms with van der Waals surface area (Å²) in [6.45, 7) is 6.26. The lowest BCUT2D eigenvalue weighted by Crippen LogP contribution is -2.28. The first-order valence-corrected chi connectivity index (χ1v) is 12.3. The van der Waals surface area contributed by atoms with E-state index in [9.17, 15) is 4.79 Å². The van der Waals surface area contributed by atoms with Crippen molar-refractivity contribution in [2.24, 2.45) is 0 Å². The van der Waals surface area contributed by atoms with Gasteiger partial charge in [-0.05, 0) is 70.8 Å². The SMILES string of the molecule is COc1ccc(Cn2nnnc2CN(Cc2ccccc2)Cc2cc3c(C)cc(C)cc3[nH]c2=O)cc1. The van der Waals surface area contributed by atoms with Crippen LogP contribution in [0.15, 0.2) is 77.6 Å². The van der Waals surface area contributed by atoms with Crippen molar-refractivity contribution < 1.29 is 4.74 Å². The predicted octanol–water partition coefficient (Wildman–Crippen LogP) is 4.39. The van der Waals surface area contributed by atoms with E-state index in [4.69, 9.17) is 4.74 Å². The maximum atomic E-state index is 13.1. The molecule has 3 aromatic carbocycles. The monoisotopic (exact) mass is 494 g/mol. The smallest absolute Gasteiger partial charge is 0.252 e. The van der Waals surface area contributed by atoms with Gasteiger partial charge in [0.15, 0.2) is 5.82 Å². The Kier molecular flexibility index (Phi) is 7.09. The number of aromatic amines is 1. The summed E-state index contributed by atoms with van der Waals surface area (Å²) in [4.78, 5) is 18.4. The molecule has 8 heteroatoms. The van der Waals surface area contributed by atoms with Crippen molar-refractivity contribution in [1.29, 1.82) is 0 Å². The molecule has 0 radical (unpaired) electrons. The van der Waals surface area contributed by atoms with Gasteiger partial charge < -0.3 is 9.72 Å². The molecule has 0 spiro atoms. The van der Waals surface area contributed by atoms with Gasteiger partial charge in [-0.15, -0.1) is 5.10 Å². The third-order valence-electron chi connectivity index (χ3n) is 6.50. The van der Waals surface area contributed by atoms with E-state index in [-0.39, 0.29) is 5.56 Å². The molecular formula is C29H30N6O2. The number of benzene rings is 3. The number of nitrogens with zero attached hydrogens (tertiary/aromatic N) is 5. The van der Waals surface area contributed by atoms with E-state index in [0.29, 0.717) is 31.7 Å². The molecule has 0 unspecified atom stereocenters. The Morgan fingerprint density at radius 1 is 0.919 bits per heavy atom. The molecular weight excluding hydrogens is 464 g/mol. The average molecular weight is 495 g/mol. The molecule has 0 saturated carbocycles. The molecule has 188 valence electrons. The number of rotatable bonds is 9. The molecule has 0 aliphatic heterocycles. The molecule has 2 heterocycles. The number of nitrogens with one attached hydrogen (secondary N) is 1. The van der Waals surface area contributed by atoms with Gasteiger partial charge in [0.1, 0.15) is 5.75 Å². The highest BCUT2D eigenvalue weighted by atomic mass is 16.5. The van der Waals surface area contributed by atoms with Gasteiger partial charge in [0.25, 0.3) is 5.56 Å². The number of H-pyrrole nitrogens is 1. The van der Waals surface area contributed by atoms with Crippen LogP contribution in [0.4, 0.5) is 0 Å². The third-order valence-corrected chi connectivity index (χ3v) is 6.50. The van der Waals surface area contributed by atoms with Crippen LogP contribution in [-0.2, 0) is 26.2 Å². The van der Waals surface area contributed by atoms with Gasteiger partial charge in [-0.3, -0.25) is 9.69 Å². The van der Waals surface area contributed by atoms with E-state index in [1.807, 2.05) is 61.5 Å². The lowest BCUT2D eigenvalue weighted by molar-refractivity contribution is 0.236. The van der Waals surface area contributed by atoms with Crippen LogP contribution in [0.2, 0.25) is 0 Å². The molecule has 0 bridgehead atoms. The van der Waals surface area contributed by atoms with Crippen molar-refractivity contribution >= 4 is 10.9 Å². The summed E-state index contributed by atoms with van der Waals surface area (Å²) in [6.07, 6.45) is 0. The highest BCUT2D eigenvalue weighted by Crippen LogP contribution is 2.20. The van der Waals surface area contributed by atoms with Crippen molar-refractivity contribution in [3.8, 4) is 5.75 Å². The maximum absolute atomic E-state index is 13.1. The summed E-state index contributed by atoms with van der Waals surface area (Å²) in [7, 11) is 1.65. The molecule has 1 N–H and O–H groups in total. The number of fused-ring (bicyclic) bond motifs is 1. The number of hydrogen-bond donors (Lipinski definition) is 1. The predicted molar refractivity (Wildman–Crippen MR) is 143 cm³/mol. The van der Waals surface area contributed by atoms with Gasteiger partial charge in [-0.1, -0.05) is 48.5 Å². The number of ether oxygens (including phenoxy) is 1. The van der Waals surface area contributed by atoms with E-state index in [0.717, 1.165) is 44.7 Å². The van der Waals surface area contributed by atoms with Gasteiger partial charge in [-0.25, -0.2) is 4.68 Å². The Morgan fingerprint density at radius 3 is 2.46 bits per heavy atom. The lowest BCUT2D eigenvalue weighted by Gasteiger charge is -2.22. The first kappa shape index (κ1) is 24.4. The Hall–Kier alpha value is -4.30. The highest BCUT2D eigenvalue weighted by molar-refractivity contribution is 5.83. The van der Waals surface area contributed by atoms with Gasteiger partial charge in [-0.2, -0.15) is 0 Å². The van der Waals surface area contributed by atoms with Crippen LogP contribution in [0.1, 0.15) is 33.6 Å². The van der Waals surface area contributed by atoms with Crippen molar-refractivity contribution in [3.63, 3.8) is 0 Å². The van der Waals surface area contributed by atoms with Crippen molar-refractivity contribution in [1.82, 2.24) is 30.1 Å². The number of hydrogen-bond acceptors (Lipinski definition) is 6. The molecule has 5 rings (SSSR count). The number of tetrazole rings is 1. The number of methoxy groups -OCH3 is 1. The van der Waals surface area contributed by atoms with Crippen LogP contribution in [0, 0.1) is 13.8 Å². The molecule has 0 aliphatic carbocycles. The fourth-order valence-corrected chi connectivity index (χ4v) is 4.65. The molecule has 0 atom stereocenters. The molecule has 0 amide bonds. The Labute approximate surface area is 215 Å². The van der Waals surface area contributed by atoms with Gasteiger partial charge in [0.05, 0.1) is 20.2 Å². The summed E-state index contributed by atoms with van der Waals surface area (Å²) >= 11 is 0. The largest absolute Gasteiger partial charge is 0.497 e. The minimum Gasteiger partial charge on any atom is -0.497 e. The molecule has 0 saturated heterocycles. The van der Waals surface area contributed by atoms with Crippen molar-refractivity contribution in [3.05, 3.63) is 117 Å². The standard InChI is InChI=1S/C29H30N6O2/c1-20-13-21(2)26-15-24(29(36)30-27(26)14-20)18-34(16-22-7-5-4-6-8-22)19-28-31-32-33-35(28)17-23-9-11-25(37-3)12-10-23/h4-15H,16-19H2,1-3H3,(H,30,36). The molecule has 2 aromatic heterocycles. The number of aryl methyl sites for hydroxylation is 2. The average Bonchev–Trinajstić information content (AvgIpc) is 3.32. The fraction of sp³-hybridized carbons (Fsp3) is 0.241. The van der Waals surface area contributed by atoms with E-state index in [1.165, 1.54) is 0 Å². The Morgan fingerprint density at radius 2 is 1.70 bits per heavy atom. The van der Waals surface area contributed by atoms with Crippen LogP contribution >= 0.6 is 0 Å². The zero-order valence-electron chi connectivity index (χ0n) is 21.3. The van der Waals surface area contributed by atoms with E-state index in [2.05, 4.69) is 50.5 Å². The highest BCUT2D eigenvalue weighted by Gasteiger charge is 2.16. The molecule has 5 aromatic rings. The summed E-state index contributed by atoms with van der Waals surface area (Å²) in [5.41, 5.74) is 6.00. The molecule has 8 nitrogen and oxygen atoms in total.